The molecule has 180 valence electrons. The smallest absolute Gasteiger partial charge is 0.254 e. The molecule has 0 bridgehead atoms. The molecular weight excluding hydrogens is 527 g/mol. The van der Waals surface area contributed by atoms with Crippen molar-refractivity contribution in [3.05, 3.63) is 70.3 Å². The number of nitrogens with zero attached hydrogens (tertiary/aromatic N) is 2. The highest BCUT2D eigenvalue weighted by Crippen LogP contribution is 2.15. The summed E-state index contributed by atoms with van der Waals surface area (Å²) in [5, 5.41) is 6.72. The maximum absolute atomic E-state index is 12.8. The van der Waals surface area contributed by atoms with Crippen LogP contribution in [0.15, 0.2) is 47.5 Å². The molecule has 33 heavy (non-hydrogen) atoms. The van der Waals surface area contributed by atoms with Crippen molar-refractivity contribution in [3.63, 3.8) is 0 Å². The van der Waals surface area contributed by atoms with Crippen molar-refractivity contribution in [1.82, 2.24) is 15.5 Å². The molecule has 1 amide bonds. The third-order valence-electron chi connectivity index (χ3n) is 5.58. The number of hydrogen-bond donors (Lipinski definition) is 2. The number of carbonyl (C=O) groups is 1. The lowest BCUT2D eigenvalue weighted by molar-refractivity contribution is -0.0586. The van der Waals surface area contributed by atoms with Gasteiger partial charge in [0.25, 0.3) is 5.91 Å². The number of hydrogen-bond acceptors (Lipinski definition) is 3. The molecule has 2 aromatic rings. The van der Waals surface area contributed by atoms with Gasteiger partial charge in [0.15, 0.2) is 5.96 Å². The molecule has 1 heterocycles. The minimum atomic E-state index is 0. The molecule has 0 aromatic heterocycles. The van der Waals surface area contributed by atoms with E-state index in [0.717, 1.165) is 24.5 Å². The van der Waals surface area contributed by atoms with Crippen molar-refractivity contribution in [3.8, 4) is 0 Å². The van der Waals surface area contributed by atoms with Gasteiger partial charge >= 0.3 is 0 Å². The summed E-state index contributed by atoms with van der Waals surface area (Å²) in [5.41, 5.74) is 5.73. The third-order valence-corrected chi connectivity index (χ3v) is 5.58. The summed E-state index contributed by atoms with van der Waals surface area (Å²) in [5.74, 6) is 0.834. The number of nitrogens with one attached hydrogen (secondary N) is 2. The summed E-state index contributed by atoms with van der Waals surface area (Å²) in [6, 6.07) is 14.4. The summed E-state index contributed by atoms with van der Waals surface area (Å²) in [4.78, 5) is 19.0. The molecule has 1 aliphatic rings. The zero-order valence-electron chi connectivity index (χ0n) is 20.4. The van der Waals surface area contributed by atoms with Gasteiger partial charge in [0.2, 0.25) is 0 Å². The van der Waals surface area contributed by atoms with Gasteiger partial charge in [-0.2, -0.15) is 0 Å². The highest BCUT2D eigenvalue weighted by Gasteiger charge is 2.26. The summed E-state index contributed by atoms with van der Waals surface area (Å²) in [6.45, 7) is 11.0. The standard InChI is InChI=1S/C26H36N4O2.HI/c1-18-12-19(2)14-23(13-18)10-11-28-26(27-5)29-15-22-6-8-24(9-7-22)25(31)30-16-20(3)32-21(4)17-30;/h6-9,12-14,20-21H,10-11,15-17H2,1-5H3,(H2,27,28,29);1H. The highest BCUT2D eigenvalue weighted by atomic mass is 127. The van der Waals surface area contributed by atoms with Crippen molar-refractivity contribution in [2.75, 3.05) is 26.7 Å². The number of carbonyl (C=O) groups excluding carboxylic acids is 1. The molecule has 0 saturated carbocycles. The van der Waals surface area contributed by atoms with Crippen LogP contribution in [-0.2, 0) is 17.7 Å². The quantitative estimate of drug-likeness (QED) is 0.316. The summed E-state index contributed by atoms with van der Waals surface area (Å²) < 4.78 is 5.73. The molecular formula is C26H37IN4O2. The van der Waals surface area contributed by atoms with E-state index in [2.05, 4.69) is 47.7 Å². The molecule has 6 nitrogen and oxygen atoms in total. The van der Waals surface area contributed by atoms with E-state index in [0.29, 0.717) is 25.2 Å². The number of aryl methyl sites for hydroxylation is 2. The predicted molar refractivity (Wildman–Crippen MR) is 146 cm³/mol. The van der Waals surface area contributed by atoms with Gasteiger partial charge in [-0.3, -0.25) is 9.79 Å². The van der Waals surface area contributed by atoms with E-state index < -0.39 is 0 Å². The fraction of sp³-hybridized carbons (Fsp3) is 0.462. The molecule has 3 rings (SSSR count). The van der Waals surface area contributed by atoms with Crippen LogP contribution in [0.5, 0.6) is 0 Å². The van der Waals surface area contributed by atoms with Crippen molar-refractivity contribution < 1.29 is 9.53 Å². The first-order valence-corrected chi connectivity index (χ1v) is 11.4. The average molecular weight is 565 g/mol. The van der Waals surface area contributed by atoms with Crippen molar-refractivity contribution in [2.24, 2.45) is 4.99 Å². The normalized spacial score (nSPS) is 18.5. The van der Waals surface area contributed by atoms with Crippen LogP contribution in [0.4, 0.5) is 0 Å². The number of rotatable bonds is 6. The van der Waals surface area contributed by atoms with Crippen LogP contribution in [0.3, 0.4) is 0 Å². The first-order valence-electron chi connectivity index (χ1n) is 11.4. The second-order valence-corrected chi connectivity index (χ2v) is 8.76. The Morgan fingerprint density at radius 2 is 1.61 bits per heavy atom. The second kappa shape index (κ2) is 12.9. The van der Waals surface area contributed by atoms with Gasteiger partial charge in [-0.25, -0.2) is 0 Å². The Labute approximate surface area is 215 Å². The van der Waals surface area contributed by atoms with E-state index in [1.807, 2.05) is 43.0 Å². The molecule has 0 aliphatic carbocycles. The van der Waals surface area contributed by atoms with E-state index in [1.165, 1.54) is 16.7 Å². The van der Waals surface area contributed by atoms with Crippen molar-refractivity contribution in [2.45, 2.75) is 52.9 Å². The monoisotopic (exact) mass is 564 g/mol. The number of ether oxygens (including phenoxy) is 1. The van der Waals surface area contributed by atoms with Gasteiger partial charge in [0.05, 0.1) is 12.2 Å². The van der Waals surface area contributed by atoms with Gasteiger partial charge in [0, 0.05) is 38.8 Å². The Balaban J connectivity index is 0.00000385. The minimum Gasteiger partial charge on any atom is -0.372 e. The van der Waals surface area contributed by atoms with E-state index in [1.54, 1.807) is 7.05 Å². The van der Waals surface area contributed by atoms with Crippen LogP contribution >= 0.6 is 24.0 Å². The zero-order chi connectivity index (χ0) is 23.1. The summed E-state index contributed by atoms with van der Waals surface area (Å²) in [6.07, 6.45) is 1.08. The largest absolute Gasteiger partial charge is 0.372 e. The van der Waals surface area contributed by atoms with E-state index in [4.69, 9.17) is 4.74 Å². The summed E-state index contributed by atoms with van der Waals surface area (Å²) >= 11 is 0. The highest BCUT2D eigenvalue weighted by molar-refractivity contribution is 14.0. The average Bonchev–Trinajstić information content (AvgIpc) is 2.74. The molecule has 2 atom stereocenters. The zero-order valence-corrected chi connectivity index (χ0v) is 22.7. The van der Waals surface area contributed by atoms with Gasteiger partial charge in [-0.15, -0.1) is 24.0 Å². The van der Waals surface area contributed by atoms with Crippen molar-refractivity contribution >= 4 is 35.8 Å². The maximum Gasteiger partial charge on any atom is 0.254 e. The molecule has 0 radical (unpaired) electrons. The van der Waals surface area contributed by atoms with Crippen LogP contribution in [0.1, 0.15) is 46.5 Å². The molecule has 7 heteroatoms. The van der Waals surface area contributed by atoms with Crippen molar-refractivity contribution in [1.29, 1.82) is 0 Å². The number of halogens is 1. The Morgan fingerprint density at radius 3 is 2.18 bits per heavy atom. The Morgan fingerprint density at radius 1 is 1.00 bits per heavy atom. The first kappa shape index (κ1) is 27.1. The predicted octanol–water partition coefficient (Wildman–Crippen LogP) is 4.08. The van der Waals surface area contributed by atoms with Gasteiger partial charge in [-0.1, -0.05) is 41.5 Å². The topological polar surface area (TPSA) is 66.0 Å². The van der Waals surface area contributed by atoms with Gasteiger partial charge in [0.1, 0.15) is 0 Å². The molecule has 1 saturated heterocycles. The third kappa shape index (κ3) is 8.30. The lowest BCUT2D eigenvalue weighted by Crippen LogP contribution is -2.48. The molecule has 0 spiro atoms. The SMILES string of the molecule is CN=C(NCCc1cc(C)cc(C)c1)NCc1ccc(C(=O)N2CC(C)OC(C)C2)cc1.I. The fourth-order valence-corrected chi connectivity index (χ4v) is 4.24. The Hall–Kier alpha value is -2.13. The summed E-state index contributed by atoms with van der Waals surface area (Å²) in [7, 11) is 1.78. The van der Waals surface area contributed by atoms with E-state index in [-0.39, 0.29) is 42.1 Å². The molecule has 1 aliphatic heterocycles. The number of aliphatic imine (C=N–C) groups is 1. The number of amides is 1. The number of morpholine rings is 1. The molecule has 1 fully saturated rings. The van der Waals surface area contributed by atoms with Gasteiger partial charge < -0.3 is 20.3 Å². The van der Waals surface area contributed by atoms with Gasteiger partial charge in [-0.05, 0) is 57.4 Å². The lowest BCUT2D eigenvalue weighted by Gasteiger charge is -2.35. The molecule has 2 N–H and O–H groups in total. The fourth-order valence-electron chi connectivity index (χ4n) is 4.24. The first-order chi connectivity index (χ1) is 15.3. The Kier molecular flexibility index (Phi) is 10.6. The van der Waals surface area contributed by atoms with Crippen LogP contribution < -0.4 is 10.6 Å². The van der Waals surface area contributed by atoms with Crippen LogP contribution in [0.25, 0.3) is 0 Å². The maximum atomic E-state index is 12.8. The number of benzene rings is 2. The second-order valence-electron chi connectivity index (χ2n) is 8.76. The Bertz CT molecular complexity index is 916. The van der Waals surface area contributed by atoms with E-state index >= 15 is 0 Å². The van der Waals surface area contributed by atoms with E-state index in [9.17, 15) is 4.79 Å². The molecule has 2 unspecified atom stereocenters. The number of guanidine groups is 1. The molecule has 2 aromatic carbocycles. The lowest BCUT2D eigenvalue weighted by atomic mass is 10.1. The van der Waals surface area contributed by atoms with Crippen LogP contribution in [0, 0.1) is 13.8 Å². The van der Waals surface area contributed by atoms with Crippen LogP contribution in [-0.4, -0.2) is 55.7 Å². The van der Waals surface area contributed by atoms with Crippen LogP contribution in [0.2, 0.25) is 0 Å². The minimum absolute atomic E-state index is 0.